The van der Waals surface area contributed by atoms with E-state index in [1.54, 1.807) is 0 Å². The Bertz CT molecular complexity index is 513. The van der Waals surface area contributed by atoms with Gasteiger partial charge in [0.1, 0.15) is 0 Å². The predicted molar refractivity (Wildman–Crippen MR) is 79.3 cm³/mol. The molecule has 2 aromatic rings. The quantitative estimate of drug-likeness (QED) is 0.774. The summed E-state index contributed by atoms with van der Waals surface area (Å²) in [6.45, 7) is 3.67. The fourth-order valence-corrected chi connectivity index (χ4v) is 2.32. The Morgan fingerprint density at radius 3 is 3.00 bits per heavy atom. The molecule has 1 atom stereocenters. The van der Waals surface area contributed by atoms with Gasteiger partial charge in [0.2, 0.25) is 0 Å². The van der Waals surface area contributed by atoms with Crippen molar-refractivity contribution >= 4 is 10.9 Å². The van der Waals surface area contributed by atoms with Gasteiger partial charge in [-0.25, -0.2) is 0 Å². The summed E-state index contributed by atoms with van der Waals surface area (Å²) in [5.74, 6) is 0. The van der Waals surface area contributed by atoms with Crippen molar-refractivity contribution in [2.24, 2.45) is 0 Å². The van der Waals surface area contributed by atoms with E-state index in [0.717, 1.165) is 31.6 Å². The van der Waals surface area contributed by atoms with Crippen molar-refractivity contribution in [2.45, 2.75) is 25.8 Å². The molecule has 102 valence electrons. The molecular weight excluding hydrogens is 236 g/mol. The molecule has 1 aromatic carbocycles. The molecule has 0 spiro atoms. The SMILES string of the molecule is CCOCCCC(NC)c1ccc2ncccc2c1. The first-order chi connectivity index (χ1) is 9.35. The Balaban J connectivity index is 2.07. The molecule has 19 heavy (non-hydrogen) atoms. The molecule has 0 radical (unpaired) electrons. The van der Waals surface area contributed by atoms with Gasteiger partial charge >= 0.3 is 0 Å². The molecule has 1 unspecified atom stereocenters. The number of fused-ring (bicyclic) bond motifs is 1. The van der Waals surface area contributed by atoms with Crippen molar-refractivity contribution in [3.8, 4) is 0 Å². The van der Waals surface area contributed by atoms with E-state index in [4.69, 9.17) is 4.74 Å². The molecular formula is C16H22N2O. The van der Waals surface area contributed by atoms with Gasteiger partial charge in [0.05, 0.1) is 5.52 Å². The molecule has 2 rings (SSSR count). The maximum absolute atomic E-state index is 5.40. The summed E-state index contributed by atoms with van der Waals surface area (Å²) in [4.78, 5) is 4.35. The molecule has 0 saturated carbocycles. The molecule has 1 aromatic heterocycles. The van der Waals surface area contributed by atoms with Crippen LogP contribution in [0.25, 0.3) is 10.9 Å². The van der Waals surface area contributed by atoms with Crippen molar-refractivity contribution in [1.29, 1.82) is 0 Å². The van der Waals surface area contributed by atoms with E-state index in [1.165, 1.54) is 10.9 Å². The second kappa shape index (κ2) is 7.22. The first-order valence-electron chi connectivity index (χ1n) is 6.95. The molecule has 0 bridgehead atoms. The van der Waals surface area contributed by atoms with Crippen LogP contribution in [0.5, 0.6) is 0 Å². The third-order valence-electron chi connectivity index (χ3n) is 3.36. The van der Waals surface area contributed by atoms with E-state index < -0.39 is 0 Å². The zero-order valence-electron chi connectivity index (χ0n) is 11.7. The molecule has 0 saturated heterocycles. The summed E-state index contributed by atoms with van der Waals surface area (Å²) in [6, 6.07) is 11.0. The van der Waals surface area contributed by atoms with Crippen LogP contribution in [-0.2, 0) is 4.74 Å². The van der Waals surface area contributed by atoms with Gasteiger partial charge in [-0.1, -0.05) is 12.1 Å². The first-order valence-corrected chi connectivity index (χ1v) is 6.95. The van der Waals surface area contributed by atoms with Crippen LogP contribution in [0, 0.1) is 0 Å². The van der Waals surface area contributed by atoms with Crippen LogP contribution >= 0.6 is 0 Å². The fraction of sp³-hybridized carbons (Fsp3) is 0.438. The maximum atomic E-state index is 5.40. The first kappa shape index (κ1) is 14.0. The minimum atomic E-state index is 0.380. The minimum Gasteiger partial charge on any atom is -0.382 e. The van der Waals surface area contributed by atoms with E-state index in [2.05, 4.69) is 34.6 Å². The highest BCUT2D eigenvalue weighted by atomic mass is 16.5. The van der Waals surface area contributed by atoms with Crippen molar-refractivity contribution in [3.63, 3.8) is 0 Å². The lowest BCUT2D eigenvalue weighted by molar-refractivity contribution is 0.141. The average Bonchev–Trinajstić information content (AvgIpc) is 2.47. The van der Waals surface area contributed by atoms with Gasteiger partial charge in [0, 0.05) is 30.8 Å². The maximum Gasteiger partial charge on any atom is 0.0702 e. The number of ether oxygens (including phenoxy) is 1. The number of nitrogens with one attached hydrogen (secondary N) is 1. The van der Waals surface area contributed by atoms with Crippen LogP contribution in [0.2, 0.25) is 0 Å². The van der Waals surface area contributed by atoms with Gasteiger partial charge < -0.3 is 10.1 Å². The summed E-state index contributed by atoms with van der Waals surface area (Å²) < 4.78 is 5.40. The fourth-order valence-electron chi connectivity index (χ4n) is 2.32. The molecule has 1 N–H and O–H groups in total. The van der Waals surface area contributed by atoms with Crippen LogP contribution in [0.1, 0.15) is 31.4 Å². The average molecular weight is 258 g/mol. The van der Waals surface area contributed by atoms with Gasteiger partial charge in [-0.3, -0.25) is 4.98 Å². The van der Waals surface area contributed by atoms with Crippen molar-refractivity contribution < 1.29 is 4.74 Å². The van der Waals surface area contributed by atoms with Crippen molar-refractivity contribution in [1.82, 2.24) is 10.3 Å². The van der Waals surface area contributed by atoms with E-state index in [0.29, 0.717) is 6.04 Å². The number of hydrogen-bond donors (Lipinski definition) is 1. The molecule has 1 heterocycles. The normalized spacial score (nSPS) is 12.7. The zero-order valence-corrected chi connectivity index (χ0v) is 11.7. The topological polar surface area (TPSA) is 34.1 Å². The Morgan fingerprint density at radius 2 is 2.21 bits per heavy atom. The summed E-state index contributed by atoms with van der Waals surface area (Å²) >= 11 is 0. The van der Waals surface area contributed by atoms with Crippen LogP contribution in [0.3, 0.4) is 0 Å². The smallest absolute Gasteiger partial charge is 0.0702 e. The summed E-state index contributed by atoms with van der Waals surface area (Å²) in [6.07, 6.45) is 3.99. The van der Waals surface area contributed by atoms with E-state index >= 15 is 0 Å². The van der Waals surface area contributed by atoms with Gasteiger partial charge in [0.15, 0.2) is 0 Å². The van der Waals surface area contributed by atoms with Gasteiger partial charge in [-0.15, -0.1) is 0 Å². The minimum absolute atomic E-state index is 0.380. The van der Waals surface area contributed by atoms with Crippen molar-refractivity contribution in [3.05, 3.63) is 42.1 Å². The highest BCUT2D eigenvalue weighted by Crippen LogP contribution is 2.22. The number of benzene rings is 1. The zero-order chi connectivity index (χ0) is 13.5. The highest BCUT2D eigenvalue weighted by molar-refractivity contribution is 5.79. The monoisotopic (exact) mass is 258 g/mol. The summed E-state index contributed by atoms with van der Waals surface area (Å²) in [7, 11) is 2.01. The number of rotatable bonds is 7. The standard InChI is InChI=1S/C16H22N2O/c1-3-19-11-5-7-15(17-2)14-8-9-16-13(12-14)6-4-10-18-16/h4,6,8-10,12,15,17H,3,5,7,11H2,1-2H3. The third kappa shape index (κ3) is 3.75. The summed E-state index contributed by atoms with van der Waals surface area (Å²) in [5, 5.41) is 4.58. The van der Waals surface area contributed by atoms with Gasteiger partial charge in [-0.05, 0) is 50.6 Å². The van der Waals surface area contributed by atoms with E-state index in [9.17, 15) is 0 Å². The van der Waals surface area contributed by atoms with Crippen molar-refractivity contribution in [2.75, 3.05) is 20.3 Å². The third-order valence-corrected chi connectivity index (χ3v) is 3.36. The second-order valence-corrected chi connectivity index (χ2v) is 4.64. The molecule has 0 aliphatic carbocycles. The Hall–Kier alpha value is -1.45. The molecule has 3 heteroatoms. The van der Waals surface area contributed by atoms with E-state index in [1.807, 2.05) is 26.2 Å². The summed E-state index contributed by atoms with van der Waals surface area (Å²) in [5.41, 5.74) is 2.37. The number of hydrogen-bond acceptors (Lipinski definition) is 3. The predicted octanol–water partition coefficient (Wildman–Crippen LogP) is 3.31. The second-order valence-electron chi connectivity index (χ2n) is 4.64. The number of pyridine rings is 1. The number of aromatic nitrogens is 1. The van der Waals surface area contributed by atoms with E-state index in [-0.39, 0.29) is 0 Å². The Labute approximate surface area is 115 Å². The lowest BCUT2D eigenvalue weighted by atomic mass is 10.0. The molecule has 0 amide bonds. The molecule has 3 nitrogen and oxygen atoms in total. The lowest BCUT2D eigenvalue weighted by Gasteiger charge is -2.17. The van der Waals surface area contributed by atoms with Crippen LogP contribution in [0.4, 0.5) is 0 Å². The number of nitrogens with zero attached hydrogens (tertiary/aromatic N) is 1. The molecule has 0 fully saturated rings. The highest BCUT2D eigenvalue weighted by Gasteiger charge is 2.09. The van der Waals surface area contributed by atoms with Crippen LogP contribution in [0.15, 0.2) is 36.5 Å². The van der Waals surface area contributed by atoms with Crippen LogP contribution < -0.4 is 5.32 Å². The molecule has 0 aliphatic heterocycles. The largest absolute Gasteiger partial charge is 0.382 e. The van der Waals surface area contributed by atoms with Gasteiger partial charge in [-0.2, -0.15) is 0 Å². The van der Waals surface area contributed by atoms with Crippen LogP contribution in [-0.4, -0.2) is 25.2 Å². The lowest BCUT2D eigenvalue weighted by Crippen LogP contribution is -2.17. The Morgan fingerprint density at radius 1 is 1.32 bits per heavy atom. The Kier molecular flexibility index (Phi) is 5.31. The molecule has 0 aliphatic rings. The van der Waals surface area contributed by atoms with Gasteiger partial charge in [0.25, 0.3) is 0 Å².